The van der Waals surface area contributed by atoms with Crippen LogP contribution in [0.1, 0.15) is 0 Å². The van der Waals surface area contributed by atoms with Gasteiger partial charge >= 0.3 is 0 Å². The number of rotatable bonds is 7. The summed E-state index contributed by atoms with van der Waals surface area (Å²) in [7, 11) is 0. The van der Waals surface area contributed by atoms with Gasteiger partial charge in [0, 0.05) is 38.5 Å². The number of benzene rings is 10. The Labute approximate surface area is 353 Å². The van der Waals surface area contributed by atoms with Crippen LogP contribution in [0.5, 0.6) is 0 Å². The number of furan rings is 1. The van der Waals surface area contributed by atoms with E-state index in [2.05, 4.69) is 240 Å². The van der Waals surface area contributed by atoms with E-state index in [-0.39, 0.29) is 0 Å². The molecule has 0 saturated heterocycles. The van der Waals surface area contributed by atoms with Crippen LogP contribution in [0.15, 0.2) is 235 Å². The van der Waals surface area contributed by atoms with Crippen molar-refractivity contribution in [2.45, 2.75) is 0 Å². The average Bonchev–Trinajstić information content (AvgIpc) is 3.89. The van der Waals surface area contributed by atoms with Crippen LogP contribution in [0.3, 0.4) is 0 Å². The van der Waals surface area contributed by atoms with Crippen LogP contribution in [0.25, 0.3) is 93.6 Å². The van der Waals surface area contributed by atoms with E-state index in [1.807, 2.05) is 0 Å². The summed E-state index contributed by atoms with van der Waals surface area (Å²) in [6.07, 6.45) is 0. The quantitative estimate of drug-likeness (QED) is 0.161. The molecule has 286 valence electrons. The lowest BCUT2D eigenvalue weighted by Gasteiger charge is -2.28. The van der Waals surface area contributed by atoms with Crippen molar-refractivity contribution in [1.82, 2.24) is 4.57 Å². The van der Waals surface area contributed by atoms with Gasteiger partial charge in [0.1, 0.15) is 5.58 Å². The number of fused-ring (bicyclic) bond motifs is 8. The third-order valence-electron chi connectivity index (χ3n) is 12.2. The summed E-state index contributed by atoms with van der Waals surface area (Å²) in [4.78, 5) is 2.36. The summed E-state index contributed by atoms with van der Waals surface area (Å²) in [6, 6.07) is 82.6. The van der Waals surface area contributed by atoms with E-state index < -0.39 is 0 Å². The van der Waals surface area contributed by atoms with Gasteiger partial charge in [-0.1, -0.05) is 170 Å². The van der Waals surface area contributed by atoms with Gasteiger partial charge in [0.05, 0.1) is 22.4 Å². The Hall–Kier alpha value is -8.14. The zero-order valence-corrected chi connectivity index (χ0v) is 33.2. The molecule has 3 heteroatoms. The smallest absolute Gasteiger partial charge is 0.159 e. The first kappa shape index (κ1) is 34.9. The van der Waals surface area contributed by atoms with Crippen molar-refractivity contribution in [1.29, 1.82) is 0 Å². The summed E-state index contributed by atoms with van der Waals surface area (Å²) >= 11 is 0. The van der Waals surface area contributed by atoms with Crippen molar-refractivity contribution in [2.75, 3.05) is 4.90 Å². The summed E-state index contributed by atoms with van der Waals surface area (Å²) in [5.74, 6) is 0. The molecule has 61 heavy (non-hydrogen) atoms. The molecule has 0 aliphatic heterocycles. The zero-order valence-electron chi connectivity index (χ0n) is 33.2. The highest BCUT2D eigenvalue weighted by Crippen LogP contribution is 2.47. The van der Waals surface area contributed by atoms with Gasteiger partial charge in [-0.2, -0.15) is 0 Å². The number of aromatic nitrogens is 1. The second-order valence-corrected chi connectivity index (χ2v) is 15.6. The number of nitrogens with zero attached hydrogens (tertiary/aromatic N) is 2. The average molecular weight is 779 g/mol. The molecule has 12 aromatic rings. The van der Waals surface area contributed by atoms with Crippen molar-refractivity contribution in [3.05, 3.63) is 231 Å². The summed E-state index contributed by atoms with van der Waals surface area (Å²) in [6.45, 7) is 0. The molecular formula is C58H38N2O. The molecule has 0 fully saturated rings. The molecule has 12 rings (SSSR count). The van der Waals surface area contributed by atoms with Gasteiger partial charge in [0.15, 0.2) is 5.58 Å². The maximum absolute atomic E-state index is 7.01. The Balaban J connectivity index is 1.04. The minimum atomic E-state index is 0.848. The Morgan fingerprint density at radius 3 is 1.75 bits per heavy atom. The van der Waals surface area contributed by atoms with E-state index in [4.69, 9.17) is 4.42 Å². The Morgan fingerprint density at radius 2 is 0.934 bits per heavy atom. The fourth-order valence-electron chi connectivity index (χ4n) is 9.44. The number of hydrogen-bond acceptors (Lipinski definition) is 2. The molecule has 0 unspecified atom stereocenters. The fourth-order valence-corrected chi connectivity index (χ4v) is 9.44. The standard InChI is InChI=1S/C58H38N2O/c1-4-16-39(17-5-1)40-30-33-44(34-31-40)60(52-27-12-10-22-46(52)41-18-6-2-7-19-41)55-29-15-26-50-57-49-25-14-24-45(47(49)35-37-56(57)61-58(50)55)42-32-36-54-51(38-42)48-23-11-13-28-53(48)59(54)43-20-8-3-9-21-43/h1-38H. The van der Waals surface area contributed by atoms with Crippen LogP contribution in [-0.4, -0.2) is 4.57 Å². The molecule has 0 atom stereocenters. The molecular weight excluding hydrogens is 741 g/mol. The van der Waals surface area contributed by atoms with Gasteiger partial charge in [-0.25, -0.2) is 0 Å². The van der Waals surface area contributed by atoms with Crippen LogP contribution in [0.2, 0.25) is 0 Å². The van der Waals surface area contributed by atoms with E-state index >= 15 is 0 Å². The molecule has 0 N–H and O–H groups in total. The van der Waals surface area contributed by atoms with E-state index in [1.165, 1.54) is 54.8 Å². The molecule has 0 spiro atoms. The van der Waals surface area contributed by atoms with Crippen LogP contribution < -0.4 is 4.90 Å². The maximum Gasteiger partial charge on any atom is 0.159 e. The van der Waals surface area contributed by atoms with Crippen LogP contribution in [-0.2, 0) is 0 Å². The molecule has 0 amide bonds. The molecule has 2 heterocycles. The van der Waals surface area contributed by atoms with Gasteiger partial charge in [-0.15, -0.1) is 0 Å². The van der Waals surface area contributed by atoms with Crippen LogP contribution in [0, 0.1) is 0 Å². The number of anilines is 3. The van der Waals surface area contributed by atoms with Crippen LogP contribution in [0.4, 0.5) is 17.1 Å². The lowest BCUT2D eigenvalue weighted by atomic mass is 9.94. The van der Waals surface area contributed by atoms with Crippen molar-refractivity contribution in [3.8, 4) is 39.1 Å². The minimum absolute atomic E-state index is 0.848. The predicted octanol–water partition coefficient (Wildman–Crippen LogP) is 16.3. The van der Waals surface area contributed by atoms with Gasteiger partial charge in [-0.05, 0) is 99.3 Å². The Bertz CT molecular complexity index is 3570. The first-order valence-corrected chi connectivity index (χ1v) is 20.8. The first-order chi connectivity index (χ1) is 30.3. The second kappa shape index (κ2) is 14.3. The van der Waals surface area contributed by atoms with Gasteiger partial charge in [0.25, 0.3) is 0 Å². The van der Waals surface area contributed by atoms with Crippen molar-refractivity contribution in [2.24, 2.45) is 0 Å². The van der Waals surface area contributed by atoms with Crippen molar-refractivity contribution >= 4 is 71.6 Å². The molecule has 0 saturated carbocycles. The minimum Gasteiger partial charge on any atom is -0.454 e. The van der Waals surface area contributed by atoms with Gasteiger partial charge in [-0.3, -0.25) is 0 Å². The first-order valence-electron chi connectivity index (χ1n) is 20.8. The predicted molar refractivity (Wildman–Crippen MR) is 257 cm³/mol. The third-order valence-corrected chi connectivity index (χ3v) is 12.2. The van der Waals surface area contributed by atoms with Crippen molar-refractivity contribution in [3.63, 3.8) is 0 Å². The Kier molecular flexibility index (Phi) is 8.17. The second-order valence-electron chi connectivity index (χ2n) is 15.6. The van der Waals surface area contributed by atoms with E-state index in [0.717, 1.165) is 55.8 Å². The normalized spacial score (nSPS) is 11.6. The molecule has 3 nitrogen and oxygen atoms in total. The van der Waals surface area contributed by atoms with E-state index in [9.17, 15) is 0 Å². The van der Waals surface area contributed by atoms with E-state index in [0.29, 0.717) is 0 Å². The maximum atomic E-state index is 7.01. The highest BCUT2D eigenvalue weighted by molar-refractivity contribution is 6.23. The molecule has 0 aliphatic rings. The summed E-state index contributed by atoms with van der Waals surface area (Å²) in [5.41, 5.74) is 15.4. The molecule has 0 bridgehead atoms. The Morgan fingerprint density at radius 1 is 0.344 bits per heavy atom. The van der Waals surface area contributed by atoms with Gasteiger partial charge in [0.2, 0.25) is 0 Å². The molecule has 0 radical (unpaired) electrons. The highest BCUT2D eigenvalue weighted by atomic mass is 16.3. The highest BCUT2D eigenvalue weighted by Gasteiger charge is 2.23. The SMILES string of the molecule is c1ccc(-c2ccc(N(c3ccccc3-c3ccccc3)c3cccc4c3oc3ccc5c(-c6ccc7c(c6)c6ccccc6n7-c6ccccc6)cccc5c34)cc2)cc1. The largest absolute Gasteiger partial charge is 0.454 e. The van der Waals surface area contributed by atoms with Gasteiger partial charge < -0.3 is 13.9 Å². The molecule has 2 aromatic heterocycles. The monoisotopic (exact) mass is 778 g/mol. The molecule has 10 aromatic carbocycles. The fraction of sp³-hybridized carbons (Fsp3) is 0. The van der Waals surface area contributed by atoms with Crippen molar-refractivity contribution < 1.29 is 4.42 Å². The summed E-state index contributed by atoms with van der Waals surface area (Å²) < 4.78 is 9.38. The summed E-state index contributed by atoms with van der Waals surface area (Å²) in [5, 5.41) is 7.04. The lowest BCUT2D eigenvalue weighted by Crippen LogP contribution is -2.11. The third kappa shape index (κ3) is 5.74. The number of hydrogen-bond donors (Lipinski definition) is 0. The number of para-hydroxylation sites is 4. The topological polar surface area (TPSA) is 21.3 Å². The van der Waals surface area contributed by atoms with Crippen LogP contribution >= 0.6 is 0 Å². The van der Waals surface area contributed by atoms with E-state index in [1.54, 1.807) is 0 Å². The zero-order chi connectivity index (χ0) is 40.3. The molecule has 0 aliphatic carbocycles. The lowest BCUT2D eigenvalue weighted by molar-refractivity contribution is 0.669.